The number of hydrogen-bond acceptors (Lipinski definition) is 5. The van der Waals surface area contributed by atoms with Gasteiger partial charge in [-0.15, -0.1) is 0 Å². The molecule has 8 heteroatoms. The highest BCUT2D eigenvalue weighted by molar-refractivity contribution is 5.55. The fourth-order valence-electron chi connectivity index (χ4n) is 1.42. The Morgan fingerprint density at radius 3 is 2.70 bits per heavy atom. The Kier molecular flexibility index (Phi) is 4.24. The van der Waals surface area contributed by atoms with Gasteiger partial charge in [0, 0.05) is 24.0 Å². The molecule has 2 rings (SSSR count). The summed E-state index contributed by atoms with van der Waals surface area (Å²) in [4.78, 5) is 7.88. The predicted molar refractivity (Wildman–Crippen MR) is 64.9 cm³/mol. The zero-order valence-electron chi connectivity index (χ0n) is 10.3. The van der Waals surface area contributed by atoms with Gasteiger partial charge in [-0.2, -0.15) is 13.8 Å². The van der Waals surface area contributed by atoms with E-state index in [1.807, 2.05) is 0 Å². The Labute approximate surface area is 112 Å². The monoisotopic (exact) mass is 285 g/mol. The molecule has 0 radical (unpaired) electrons. The molecule has 0 atom stereocenters. The Morgan fingerprint density at radius 1 is 1.25 bits per heavy atom. The summed E-state index contributed by atoms with van der Waals surface area (Å²) >= 11 is 0. The van der Waals surface area contributed by atoms with Crippen LogP contribution in [0.4, 0.5) is 24.8 Å². The summed E-state index contributed by atoms with van der Waals surface area (Å²) in [6, 6.07) is 5.00. The van der Waals surface area contributed by atoms with Crippen molar-refractivity contribution in [1.82, 2.24) is 9.97 Å². The van der Waals surface area contributed by atoms with Crippen LogP contribution in [0, 0.1) is 5.82 Å². The van der Waals surface area contributed by atoms with Crippen LogP contribution in [0.25, 0.3) is 0 Å². The van der Waals surface area contributed by atoms with Gasteiger partial charge in [-0.05, 0) is 12.1 Å². The van der Waals surface area contributed by atoms with Gasteiger partial charge in [0.2, 0.25) is 11.8 Å². The largest absolute Gasteiger partial charge is 0.481 e. The average molecular weight is 285 g/mol. The number of nitrogens with one attached hydrogen (secondary N) is 1. The first-order chi connectivity index (χ1) is 9.58. The molecule has 0 saturated carbocycles. The molecule has 5 nitrogen and oxygen atoms in total. The maximum atomic E-state index is 13.5. The lowest BCUT2D eigenvalue weighted by Crippen LogP contribution is -2.04. The molecule has 1 aromatic carbocycles. The van der Waals surface area contributed by atoms with Crippen molar-refractivity contribution in [2.45, 2.75) is 6.61 Å². The normalized spacial score (nSPS) is 10.4. The number of aromatic nitrogens is 2. The third-order valence-electron chi connectivity index (χ3n) is 2.24. The van der Waals surface area contributed by atoms with Gasteiger partial charge < -0.3 is 14.8 Å². The lowest BCUT2D eigenvalue weighted by molar-refractivity contribution is -0.0521. The van der Waals surface area contributed by atoms with E-state index < -0.39 is 18.2 Å². The van der Waals surface area contributed by atoms with E-state index in [1.165, 1.54) is 19.4 Å². The summed E-state index contributed by atoms with van der Waals surface area (Å²) in [5, 5.41) is 2.71. The molecule has 0 unspecified atom stereocenters. The first-order valence-electron chi connectivity index (χ1n) is 5.47. The molecule has 2 aromatic rings. The van der Waals surface area contributed by atoms with Crippen molar-refractivity contribution in [3.05, 3.63) is 36.3 Å². The minimum atomic E-state index is -3.08. The molecule has 0 bridgehead atoms. The molecule has 0 saturated heterocycles. The van der Waals surface area contributed by atoms with Crippen LogP contribution in [0.5, 0.6) is 11.6 Å². The Morgan fingerprint density at radius 2 is 2.05 bits per heavy atom. The molecule has 1 heterocycles. The van der Waals surface area contributed by atoms with Gasteiger partial charge in [0.15, 0.2) is 11.6 Å². The van der Waals surface area contributed by atoms with Crippen molar-refractivity contribution in [3.63, 3.8) is 0 Å². The van der Waals surface area contributed by atoms with E-state index in [-0.39, 0.29) is 11.6 Å². The lowest BCUT2D eigenvalue weighted by Gasteiger charge is -2.09. The standard InChI is InChI=1S/C12H10F3N3O2/c1-19-10-4-5-16-12(18-10)17-7-2-3-9(8(13)6-7)20-11(14)15/h2-6,11H,1H3,(H,16,17,18). The summed E-state index contributed by atoms with van der Waals surface area (Å²) in [6.07, 6.45) is 1.46. The van der Waals surface area contributed by atoms with Crippen molar-refractivity contribution in [1.29, 1.82) is 0 Å². The SMILES string of the molecule is COc1ccnc(Nc2ccc(OC(F)F)c(F)c2)n1. The second-order valence-electron chi connectivity index (χ2n) is 3.57. The van der Waals surface area contributed by atoms with Crippen LogP contribution < -0.4 is 14.8 Å². The van der Waals surface area contributed by atoms with Gasteiger partial charge in [-0.1, -0.05) is 0 Å². The quantitative estimate of drug-likeness (QED) is 0.915. The van der Waals surface area contributed by atoms with Gasteiger partial charge >= 0.3 is 6.61 Å². The summed E-state index contributed by atoms with van der Waals surface area (Å²) < 4.78 is 46.4. The summed E-state index contributed by atoms with van der Waals surface area (Å²) in [5.41, 5.74) is 0.289. The minimum Gasteiger partial charge on any atom is -0.481 e. The van der Waals surface area contributed by atoms with E-state index in [4.69, 9.17) is 4.74 Å². The molecule has 0 aliphatic carbocycles. The highest BCUT2D eigenvalue weighted by Gasteiger charge is 2.10. The summed E-state index contributed by atoms with van der Waals surface area (Å²) in [5.74, 6) is -0.929. The maximum absolute atomic E-state index is 13.5. The topological polar surface area (TPSA) is 56.3 Å². The second kappa shape index (κ2) is 6.09. The van der Waals surface area contributed by atoms with Crippen LogP contribution in [-0.4, -0.2) is 23.7 Å². The Hall–Kier alpha value is -2.51. The zero-order valence-corrected chi connectivity index (χ0v) is 10.3. The van der Waals surface area contributed by atoms with Crippen molar-refractivity contribution >= 4 is 11.6 Å². The van der Waals surface area contributed by atoms with Crippen LogP contribution in [-0.2, 0) is 0 Å². The smallest absolute Gasteiger partial charge is 0.387 e. The number of anilines is 2. The van der Waals surface area contributed by atoms with Crippen LogP contribution in [0.1, 0.15) is 0 Å². The molecule has 0 fully saturated rings. The van der Waals surface area contributed by atoms with Crippen molar-refractivity contribution in [2.24, 2.45) is 0 Å². The third-order valence-corrected chi connectivity index (χ3v) is 2.24. The van der Waals surface area contributed by atoms with Crippen molar-refractivity contribution in [2.75, 3.05) is 12.4 Å². The van der Waals surface area contributed by atoms with Gasteiger partial charge in [0.05, 0.1) is 7.11 Å². The Balaban J connectivity index is 2.15. The van der Waals surface area contributed by atoms with E-state index in [1.54, 1.807) is 6.07 Å². The number of ether oxygens (including phenoxy) is 2. The third kappa shape index (κ3) is 3.50. The molecule has 1 aromatic heterocycles. The average Bonchev–Trinajstić information content (AvgIpc) is 2.42. The molecule has 0 aliphatic rings. The molecule has 0 spiro atoms. The van der Waals surface area contributed by atoms with E-state index in [0.29, 0.717) is 5.88 Å². The van der Waals surface area contributed by atoms with Gasteiger partial charge in [0.1, 0.15) is 0 Å². The van der Waals surface area contributed by atoms with E-state index >= 15 is 0 Å². The highest BCUT2D eigenvalue weighted by atomic mass is 19.3. The molecular weight excluding hydrogens is 275 g/mol. The molecular formula is C12H10F3N3O2. The summed E-state index contributed by atoms with van der Waals surface area (Å²) in [6.45, 7) is -3.08. The predicted octanol–water partition coefficient (Wildman–Crippen LogP) is 2.97. The minimum absolute atomic E-state index is 0.186. The molecule has 0 amide bonds. The van der Waals surface area contributed by atoms with Crippen LogP contribution in [0.2, 0.25) is 0 Å². The van der Waals surface area contributed by atoms with E-state index in [0.717, 1.165) is 12.1 Å². The lowest BCUT2D eigenvalue weighted by atomic mass is 10.3. The number of rotatable bonds is 5. The maximum Gasteiger partial charge on any atom is 0.387 e. The van der Waals surface area contributed by atoms with Crippen LogP contribution in [0.3, 0.4) is 0 Å². The first kappa shape index (κ1) is 13.9. The van der Waals surface area contributed by atoms with E-state index in [9.17, 15) is 13.2 Å². The highest BCUT2D eigenvalue weighted by Crippen LogP contribution is 2.24. The van der Waals surface area contributed by atoms with Gasteiger partial charge in [-0.25, -0.2) is 9.37 Å². The zero-order chi connectivity index (χ0) is 14.5. The van der Waals surface area contributed by atoms with Crippen molar-refractivity contribution < 1.29 is 22.6 Å². The molecule has 106 valence electrons. The first-order valence-corrected chi connectivity index (χ1v) is 5.47. The number of hydrogen-bond donors (Lipinski definition) is 1. The fourth-order valence-corrected chi connectivity index (χ4v) is 1.42. The number of methoxy groups -OCH3 is 1. The van der Waals surface area contributed by atoms with Crippen LogP contribution >= 0.6 is 0 Å². The summed E-state index contributed by atoms with van der Waals surface area (Å²) in [7, 11) is 1.45. The van der Waals surface area contributed by atoms with Gasteiger partial charge in [-0.3, -0.25) is 0 Å². The number of nitrogens with zero attached hydrogens (tertiary/aromatic N) is 2. The fraction of sp³-hybridized carbons (Fsp3) is 0.167. The number of halogens is 3. The van der Waals surface area contributed by atoms with Gasteiger partial charge in [0.25, 0.3) is 0 Å². The van der Waals surface area contributed by atoms with Crippen molar-refractivity contribution in [3.8, 4) is 11.6 Å². The number of alkyl halides is 2. The second-order valence-corrected chi connectivity index (χ2v) is 3.57. The molecule has 1 N–H and O–H groups in total. The number of benzene rings is 1. The molecule has 20 heavy (non-hydrogen) atoms. The Bertz CT molecular complexity index is 596. The molecule has 0 aliphatic heterocycles. The van der Waals surface area contributed by atoms with E-state index in [2.05, 4.69) is 20.0 Å². The van der Waals surface area contributed by atoms with Crippen LogP contribution in [0.15, 0.2) is 30.5 Å².